The predicted octanol–water partition coefficient (Wildman–Crippen LogP) is 11.9. The van der Waals surface area contributed by atoms with Gasteiger partial charge < -0.3 is 32.6 Å². The summed E-state index contributed by atoms with van der Waals surface area (Å²) in [5.41, 5.74) is 0. The Bertz CT molecular complexity index is 1380. The molecule has 1 aliphatic rings. The molecule has 1 aliphatic heterocycles. The largest absolute Gasteiger partial charge is 0.756 e. The molecule has 0 aliphatic carbocycles. The highest BCUT2D eigenvalue weighted by Crippen LogP contribution is 2.38. The van der Waals surface area contributed by atoms with Crippen LogP contribution in [0.5, 0.6) is 0 Å². The molecule has 0 amide bonds. The summed E-state index contributed by atoms with van der Waals surface area (Å²) in [5, 5.41) is 0. The molecule has 1 heterocycles. The molecule has 0 bridgehead atoms. The van der Waals surface area contributed by atoms with Gasteiger partial charge in [0.1, 0.15) is 19.8 Å². The van der Waals surface area contributed by atoms with E-state index in [1.807, 2.05) is 21.1 Å². The highest BCUT2D eigenvalue weighted by molar-refractivity contribution is 7.45. The molecule has 0 N–H and O–H groups in total. The van der Waals surface area contributed by atoms with Crippen LogP contribution in [0.2, 0.25) is 0 Å². The number of hydrogen-bond acceptors (Lipinski definition) is 9. The number of nitrogens with zero attached hydrogens (tertiary/aromatic N) is 1. The fourth-order valence-electron chi connectivity index (χ4n) is 5.96. The van der Waals surface area contributed by atoms with Crippen LogP contribution in [-0.4, -0.2) is 82.2 Å². The van der Waals surface area contributed by atoms with Gasteiger partial charge in [0, 0.05) is 12.8 Å². The first-order valence-electron chi connectivity index (χ1n) is 23.4. The van der Waals surface area contributed by atoms with E-state index in [0.717, 1.165) is 64.2 Å². The van der Waals surface area contributed by atoms with Crippen molar-refractivity contribution in [3.8, 4) is 0 Å². The lowest BCUT2D eigenvalue weighted by molar-refractivity contribution is -0.870. The number of carbonyl (C=O) groups excluding carboxylic acids is 2. The van der Waals surface area contributed by atoms with Crippen LogP contribution in [0.4, 0.5) is 0 Å². The molecule has 10 nitrogen and oxygen atoms in total. The number of carbonyl (C=O) groups is 2. The highest BCUT2D eigenvalue weighted by Gasteiger charge is 2.36. The average molecular weight is 874 g/mol. The van der Waals surface area contributed by atoms with Crippen molar-refractivity contribution in [2.24, 2.45) is 0 Å². The third kappa shape index (κ3) is 38.5. The van der Waals surface area contributed by atoms with Gasteiger partial charge in [0.2, 0.25) is 0 Å². The van der Waals surface area contributed by atoms with Crippen LogP contribution in [0, 0.1) is 0 Å². The lowest BCUT2D eigenvalue weighted by Gasteiger charge is -2.28. The molecule has 61 heavy (non-hydrogen) atoms. The van der Waals surface area contributed by atoms with Crippen LogP contribution in [-0.2, 0) is 37.4 Å². The number of ether oxygens (including phenoxy) is 3. The maximum atomic E-state index is 12.7. The van der Waals surface area contributed by atoms with Gasteiger partial charge in [0.25, 0.3) is 7.82 Å². The molecule has 0 aromatic carbocycles. The lowest BCUT2D eigenvalue weighted by Crippen LogP contribution is -2.37. The van der Waals surface area contributed by atoms with E-state index >= 15 is 0 Å². The summed E-state index contributed by atoms with van der Waals surface area (Å²) in [5.74, 6) is -0.952. The van der Waals surface area contributed by atoms with Crippen LogP contribution in [0.25, 0.3) is 0 Å². The SMILES string of the molecule is CCCCC/C=C\C/C=C\C/C=C\C/C=C\CCCCCC(=O)O[C@H](COC(=O)CCC/C=C\CC1OC1C/C=C\C/C=C\CCCCC)COP(=O)([O-])OCC[N+](C)(C)C. The minimum absolute atomic E-state index is 0.0534. The van der Waals surface area contributed by atoms with E-state index in [0.29, 0.717) is 30.3 Å². The second-order valence-corrected chi connectivity index (χ2v) is 18.2. The number of esters is 2. The number of quaternary nitrogens is 1. The van der Waals surface area contributed by atoms with Crippen LogP contribution in [0.1, 0.15) is 155 Å². The zero-order valence-corrected chi connectivity index (χ0v) is 39.7. The van der Waals surface area contributed by atoms with Crippen LogP contribution >= 0.6 is 7.82 Å². The second kappa shape index (κ2) is 37.7. The van der Waals surface area contributed by atoms with Crippen molar-refractivity contribution in [2.45, 2.75) is 173 Å². The summed E-state index contributed by atoms with van der Waals surface area (Å²) in [6, 6.07) is 0. The summed E-state index contributed by atoms with van der Waals surface area (Å²) in [7, 11) is 1.09. The van der Waals surface area contributed by atoms with Crippen LogP contribution in [0.15, 0.2) is 85.1 Å². The molecule has 0 aromatic rings. The van der Waals surface area contributed by atoms with E-state index in [1.54, 1.807) is 0 Å². The number of phosphoric ester groups is 1. The summed E-state index contributed by atoms with van der Waals surface area (Å²) in [6.45, 7) is 4.03. The van der Waals surface area contributed by atoms with Crippen LogP contribution in [0.3, 0.4) is 0 Å². The Hall–Kier alpha value is -2.85. The molecule has 3 unspecified atom stereocenters. The number of hydrogen-bond donors (Lipinski definition) is 0. The molecule has 0 aromatic heterocycles. The monoisotopic (exact) mass is 874 g/mol. The maximum Gasteiger partial charge on any atom is 0.306 e. The van der Waals surface area contributed by atoms with Crippen LogP contribution < -0.4 is 4.89 Å². The zero-order valence-electron chi connectivity index (χ0n) is 38.8. The van der Waals surface area contributed by atoms with Crippen molar-refractivity contribution >= 4 is 19.8 Å². The maximum absolute atomic E-state index is 12.7. The topological polar surface area (TPSA) is 124 Å². The Morgan fingerprint density at radius 3 is 1.59 bits per heavy atom. The average Bonchev–Trinajstić information content (AvgIpc) is 3.97. The smallest absolute Gasteiger partial charge is 0.306 e. The predicted molar refractivity (Wildman–Crippen MR) is 249 cm³/mol. The molecule has 11 heteroatoms. The van der Waals surface area contributed by atoms with Gasteiger partial charge in [-0.3, -0.25) is 14.2 Å². The van der Waals surface area contributed by atoms with Gasteiger partial charge in [-0.15, -0.1) is 0 Å². The van der Waals surface area contributed by atoms with E-state index in [4.69, 9.17) is 23.3 Å². The van der Waals surface area contributed by atoms with E-state index in [1.165, 1.54) is 44.9 Å². The normalized spacial score (nSPS) is 17.6. The number of unbranched alkanes of at least 4 members (excludes halogenated alkanes) is 10. The third-order valence-corrected chi connectivity index (χ3v) is 10.8. The van der Waals surface area contributed by atoms with Crippen molar-refractivity contribution in [1.29, 1.82) is 0 Å². The summed E-state index contributed by atoms with van der Waals surface area (Å²) in [6.07, 6.45) is 50.7. The van der Waals surface area contributed by atoms with E-state index in [-0.39, 0.29) is 38.3 Å². The Kier molecular flexibility index (Phi) is 34.7. The number of epoxide rings is 1. The van der Waals surface area contributed by atoms with Crippen molar-refractivity contribution in [3.63, 3.8) is 0 Å². The van der Waals surface area contributed by atoms with Gasteiger partial charge in [-0.2, -0.15) is 0 Å². The van der Waals surface area contributed by atoms with Gasteiger partial charge in [0.05, 0.1) is 40.0 Å². The molecule has 0 spiro atoms. The van der Waals surface area contributed by atoms with Gasteiger partial charge >= 0.3 is 11.9 Å². The fraction of sp³-hybridized carbons (Fsp3) is 0.680. The Morgan fingerprint density at radius 1 is 0.590 bits per heavy atom. The quantitative estimate of drug-likeness (QED) is 0.0148. The number of likely N-dealkylation sites (N-methyl/N-ethyl adjacent to an activating group) is 1. The highest BCUT2D eigenvalue weighted by atomic mass is 31.2. The van der Waals surface area contributed by atoms with Gasteiger partial charge in [-0.05, 0) is 96.3 Å². The Labute approximate surface area is 371 Å². The summed E-state index contributed by atoms with van der Waals surface area (Å²) < 4.78 is 39.7. The van der Waals surface area contributed by atoms with E-state index < -0.39 is 32.5 Å². The summed E-state index contributed by atoms with van der Waals surface area (Å²) in [4.78, 5) is 37.7. The number of phosphoric acid groups is 1. The van der Waals surface area contributed by atoms with Gasteiger partial charge in [-0.1, -0.05) is 131 Å². The Morgan fingerprint density at radius 2 is 1.05 bits per heavy atom. The standard InChI is InChI=1S/C50H84NO9P/c1-6-8-10-12-14-16-17-18-19-20-21-22-23-24-25-27-29-31-37-41-50(53)59-46(45-58-61(54,55)57-43-42-51(3,4)5)44-56-49(52)40-36-33-32-35-39-48-47(60-48)38-34-30-28-26-15-13-11-9-7-2/h14-16,18-19,21-22,24-26,30,32,34-35,46-48H,6-13,17,20,23,27-29,31,33,36-45H2,1-5H3/b16-14-,19-18-,22-21-,25-24-,26-15-,34-30-,35-32-/t46-,47?,48?/m1/s1. The fourth-order valence-corrected chi connectivity index (χ4v) is 6.69. The van der Waals surface area contributed by atoms with Crippen molar-refractivity contribution < 1.29 is 46.8 Å². The number of rotatable bonds is 40. The minimum Gasteiger partial charge on any atom is -0.756 e. The number of allylic oxidation sites excluding steroid dienone is 12. The first-order chi connectivity index (χ1) is 29.5. The molecule has 1 fully saturated rings. The molecule has 4 atom stereocenters. The lowest BCUT2D eigenvalue weighted by atomic mass is 10.1. The molecule has 0 radical (unpaired) electrons. The van der Waals surface area contributed by atoms with Crippen molar-refractivity contribution in [3.05, 3.63) is 85.1 Å². The molecule has 1 rings (SSSR count). The van der Waals surface area contributed by atoms with E-state index in [2.05, 4.69) is 98.9 Å². The Balaban J connectivity index is 2.35. The van der Waals surface area contributed by atoms with Crippen molar-refractivity contribution in [1.82, 2.24) is 0 Å². The minimum atomic E-state index is -4.66. The molecule has 0 saturated carbocycles. The molecule has 1 saturated heterocycles. The molecular weight excluding hydrogens is 790 g/mol. The van der Waals surface area contributed by atoms with Crippen molar-refractivity contribution in [2.75, 3.05) is 47.5 Å². The first-order valence-corrected chi connectivity index (χ1v) is 24.9. The molecule has 348 valence electrons. The zero-order chi connectivity index (χ0) is 44.7. The second-order valence-electron chi connectivity index (χ2n) is 16.8. The summed E-state index contributed by atoms with van der Waals surface area (Å²) >= 11 is 0. The van der Waals surface area contributed by atoms with E-state index in [9.17, 15) is 19.0 Å². The van der Waals surface area contributed by atoms with Gasteiger partial charge in [-0.25, -0.2) is 0 Å². The molecular formula is C50H84NO9P. The third-order valence-electron chi connectivity index (χ3n) is 9.79. The first kappa shape index (κ1) is 56.2. The van der Waals surface area contributed by atoms with Gasteiger partial charge in [0.15, 0.2) is 6.10 Å².